The molecule has 0 unspecified atom stereocenters. The van der Waals surface area contributed by atoms with Gasteiger partial charge in [0.25, 0.3) is 0 Å². The van der Waals surface area contributed by atoms with Crippen molar-refractivity contribution >= 4 is 22.8 Å². The van der Waals surface area contributed by atoms with Crippen molar-refractivity contribution in [1.29, 1.82) is 0 Å². The average molecular weight is 350 g/mol. The number of rotatable bonds is 3. The van der Waals surface area contributed by atoms with E-state index in [1.807, 2.05) is 12.3 Å². The van der Waals surface area contributed by atoms with E-state index in [9.17, 15) is 0 Å². The molecule has 0 bridgehead atoms. The van der Waals surface area contributed by atoms with Crippen LogP contribution in [0.2, 0.25) is 0 Å². The highest BCUT2D eigenvalue weighted by molar-refractivity contribution is 5.71. The number of aryl methyl sites for hydroxylation is 2. The molecule has 6 heteroatoms. The summed E-state index contributed by atoms with van der Waals surface area (Å²) in [5.74, 6) is 1.17. The topological polar surface area (TPSA) is 94.3 Å². The van der Waals surface area contributed by atoms with Gasteiger partial charge in [0, 0.05) is 23.7 Å². The Morgan fingerprint density at radius 3 is 2.65 bits per heavy atom. The quantitative estimate of drug-likeness (QED) is 0.670. The summed E-state index contributed by atoms with van der Waals surface area (Å²) in [5.41, 5.74) is 18.1. The molecular weight excluding hydrogens is 324 g/mol. The number of hydrogen-bond donors (Lipinski definition) is 3. The van der Waals surface area contributed by atoms with Gasteiger partial charge in [-0.1, -0.05) is 12.1 Å². The van der Waals surface area contributed by atoms with Gasteiger partial charge in [0.1, 0.15) is 0 Å². The molecule has 136 valence electrons. The van der Waals surface area contributed by atoms with Gasteiger partial charge < -0.3 is 16.8 Å². The van der Waals surface area contributed by atoms with E-state index >= 15 is 0 Å². The van der Waals surface area contributed by atoms with Gasteiger partial charge >= 0.3 is 0 Å². The first-order chi connectivity index (χ1) is 12.5. The van der Waals surface area contributed by atoms with Crippen LogP contribution < -0.4 is 16.8 Å². The number of aromatic nitrogens is 3. The third kappa shape index (κ3) is 3.24. The van der Waals surface area contributed by atoms with Crippen LogP contribution in [0.5, 0.6) is 0 Å². The van der Waals surface area contributed by atoms with Crippen molar-refractivity contribution < 1.29 is 0 Å². The van der Waals surface area contributed by atoms with Gasteiger partial charge in [-0.15, -0.1) is 5.10 Å². The predicted octanol–water partition coefficient (Wildman–Crippen LogP) is 3.66. The first-order valence-electron chi connectivity index (χ1n) is 9.25. The number of nitrogens with zero attached hydrogens (tertiary/aromatic N) is 3. The van der Waals surface area contributed by atoms with Crippen molar-refractivity contribution in [3.8, 4) is 0 Å². The SMILES string of the molecule is Cc1ccc(C)c(Nc2cc(N)c3nc(C4CCC(N)CC4)cn3n2)c1. The van der Waals surface area contributed by atoms with Gasteiger partial charge in [0.15, 0.2) is 11.5 Å². The second-order valence-electron chi connectivity index (χ2n) is 7.47. The molecule has 1 aliphatic carbocycles. The lowest BCUT2D eigenvalue weighted by Gasteiger charge is -2.24. The molecule has 2 heterocycles. The summed E-state index contributed by atoms with van der Waals surface area (Å²) in [6.07, 6.45) is 6.29. The van der Waals surface area contributed by atoms with Gasteiger partial charge in [-0.2, -0.15) is 0 Å². The largest absolute Gasteiger partial charge is 0.396 e. The Morgan fingerprint density at radius 1 is 1.12 bits per heavy atom. The van der Waals surface area contributed by atoms with E-state index < -0.39 is 0 Å². The first kappa shape index (κ1) is 16.8. The second-order valence-corrected chi connectivity index (χ2v) is 7.47. The smallest absolute Gasteiger partial charge is 0.177 e. The molecule has 0 aliphatic heterocycles. The van der Waals surface area contributed by atoms with E-state index in [0.717, 1.165) is 48.5 Å². The molecule has 3 aromatic rings. The molecule has 1 saturated carbocycles. The number of nitrogens with two attached hydrogens (primary N) is 2. The maximum atomic E-state index is 6.26. The zero-order chi connectivity index (χ0) is 18.3. The van der Waals surface area contributed by atoms with Crippen LogP contribution in [0, 0.1) is 13.8 Å². The third-order valence-electron chi connectivity index (χ3n) is 5.32. The van der Waals surface area contributed by atoms with Crippen molar-refractivity contribution in [1.82, 2.24) is 14.6 Å². The molecule has 0 saturated heterocycles. The Bertz CT molecular complexity index is 937. The van der Waals surface area contributed by atoms with Crippen LogP contribution in [0.15, 0.2) is 30.5 Å². The minimum absolute atomic E-state index is 0.333. The van der Waals surface area contributed by atoms with Gasteiger partial charge in [-0.3, -0.25) is 0 Å². The highest BCUT2D eigenvalue weighted by Crippen LogP contribution is 2.32. The Kier molecular flexibility index (Phi) is 4.28. The molecule has 0 spiro atoms. The Balaban J connectivity index is 1.64. The zero-order valence-corrected chi connectivity index (χ0v) is 15.4. The van der Waals surface area contributed by atoms with Crippen LogP contribution in [-0.2, 0) is 0 Å². The summed E-state index contributed by atoms with van der Waals surface area (Å²) in [7, 11) is 0. The maximum absolute atomic E-state index is 6.26. The summed E-state index contributed by atoms with van der Waals surface area (Å²) >= 11 is 0. The lowest BCUT2D eigenvalue weighted by molar-refractivity contribution is 0.391. The molecule has 5 N–H and O–H groups in total. The fourth-order valence-electron chi connectivity index (χ4n) is 3.70. The Labute approximate surface area is 153 Å². The standard InChI is InChI=1S/C20H26N6/c1-12-3-4-13(2)17(9-12)23-19-10-16(22)20-24-18(11-26(20)25-19)14-5-7-15(21)8-6-14/h3-4,9-11,14-15H,5-8,21-22H2,1-2H3,(H,23,25). The van der Waals surface area contributed by atoms with Crippen molar-refractivity contribution in [3.63, 3.8) is 0 Å². The van der Waals surface area contributed by atoms with Crippen molar-refractivity contribution in [2.24, 2.45) is 5.73 Å². The summed E-state index contributed by atoms with van der Waals surface area (Å²) in [6.45, 7) is 4.15. The zero-order valence-electron chi connectivity index (χ0n) is 15.4. The first-order valence-corrected chi connectivity index (χ1v) is 9.25. The van der Waals surface area contributed by atoms with Gasteiger partial charge in [0.2, 0.25) is 0 Å². The molecule has 0 atom stereocenters. The van der Waals surface area contributed by atoms with E-state index in [-0.39, 0.29) is 0 Å². The van der Waals surface area contributed by atoms with Crippen LogP contribution in [0.3, 0.4) is 0 Å². The van der Waals surface area contributed by atoms with Crippen molar-refractivity contribution in [2.45, 2.75) is 51.5 Å². The highest BCUT2D eigenvalue weighted by Gasteiger charge is 2.23. The van der Waals surface area contributed by atoms with E-state index in [2.05, 4.69) is 42.5 Å². The molecule has 1 fully saturated rings. The molecule has 26 heavy (non-hydrogen) atoms. The molecule has 6 nitrogen and oxygen atoms in total. The average Bonchev–Trinajstić information content (AvgIpc) is 3.03. The highest BCUT2D eigenvalue weighted by atomic mass is 15.3. The molecular formula is C20H26N6. The van der Waals surface area contributed by atoms with Gasteiger partial charge in [-0.05, 0) is 56.7 Å². The van der Waals surface area contributed by atoms with Crippen LogP contribution in [0.4, 0.5) is 17.2 Å². The lowest BCUT2D eigenvalue weighted by atomic mass is 9.85. The summed E-state index contributed by atoms with van der Waals surface area (Å²) in [6, 6.07) is 8.50. The van der Waals surface area contributed by atoms with E-state index in [1.165, 1.54) is 11.1 Å². The molecule has 0 amide bonds. The van der Waals surface area contributed by atoms with E-state index in [1.54, 1.807) is 4.52 Å². The summed E-state index contributed by atoms with van der Waals surface area (Å²) < 4.78 is 1.80. The number of nitrogens with one attached hydrogen (secondary N) is 1. The molecule has 0 radical (unpaired) electrons. The van der Waals surface area contributed by atoms with Crippen molar-refractivity contribution in [2.75, 3.05) is 11.1 Å². The minimum atomic E-state index is 0.333. The third-order valence-corrected chi connectivity index (χ3v) is 5.32. The van der Waals surface area contributed by atoms with Crippen LogP contribution in [0.1, 0.15) is 48.4 Å². The van der Waals surface area contributed by atoms with Gasteiger partial charge in [0.05, 0.1) is 17.6 Å². The number of nitrogen functional groups attached to an aromatic ring is 1. The fraction of sp³-hybridized carbons (Fsp3) is 0.400. The molecule has 4 rings (SSSR count). The van der Waals surface area contributed by atoms with Gasteiger partial charge in [-0.25, -0.2) is 9.50 Å². The van der Waals surface area contributed by atoms with Crippen molar-refractivity contribution in [3.05, 3.63) is 47.3 Å². The van der Waals surface area contributed by atoms with Crippen LogP contribution in [-0.4, -0.2) is 20.6 Å². The number of fused-ring (bicyclic) bond motifs is 1. The molecule has 2 aromatic heterocycles. The number of benzene rings is 1. The van der Waals surface area contributed by atoms with E-state index in [4.69, 9.17) is 16.5 Å². The fourth-order valence-corrected chi connectivity index (χ4v) is 3.70. The molecule has 1 aromatic carbocycles. The summed E-state index contributed by atoms with van der Waals surface area (Å²) in [4.78, 5) is 4.75. The summed E-state index contributed by atoms with van der Waals surface area (Å²) in [5, 5.41) is 8.06. The normalized spacial score (nSPS) is 20.4. The number of imidazole rings is 1. The second kappa shape index (κ2) is 6.61. The van der Waals surface area contributed by atoms with Crippen LogP contribution in [0.25, 0.3) is 5.65 Å². The lowest BCUT2D eigenvalue weighted by Crippen LogP contribution is -2.25. The van der Waals surface area contributed by atoms with Crippen LogP contribution >= 0.6 is 0 Å². The predicted molar refractivity (Wildman–Crippen MR) is 106 cm³/mol. The Hall–Kier alpha value is -2.60. The maximum Gasteiger partial charge on any atom is 0.177 e. The Morgan fingerprint density at radius 2 is 1.88 bits per heavy atom. The molecule has 1 aliphatic rings. The van der Waals surface area contributed by atoms with E-state index in [0.29, 0.717) is 17.6 Å². The number of anilines is 3. The number of hydrogen-bond acceptors (Lipinski definition) is 5. The minimum Gasteiger partial charge on any atom is -0.396 e. The monoisotopic (exact) mass is 350 g/mol.